The first-order valence-corrected chi connectivity index (χ1v) is 4.06. The lowest BCUT2D eigenvalue weighted by molar-refractivity contribution is -0.00613. The van der Waals surface area contributed by atoms with Crippen LogP contribution < -0.4 is 5.32 Å². The Morgan fingerprint density at radius 3 is 2.50 bits per heavy atom. The van der Waals surface area contributed by atoms with Crippen molar-refractivity contribution in [2.45, 2.75) is 25.0 Å². The molecule has 0 saturated heterocycles. The van der Waals surface area contributed by atoms with Crippen molar-refractivity contribution in [3.05, 3.63) is 18.5 Å². The topological polar surface area (TPSA) is 58.0 Å². The van der Waals surface area contributed by atoms with E-state index < -0.39 is 5.72 Å². The van der Waals surface area contributed by atoms with Gasteiger partial charge in [-0.1, -0.05) is 0 Å². The highest BCUT2D eigenvalue weighted by atomic mass is 16.3. The van der Waals surface area contributed by atoms with Gasteiger partial charge in [0, 0.05) is 12.4 Å². The number of aromatic nitrogens is 2. The van der Waals surface area contributed by atoms with Crippen molar-refractivity contribution in [1.29, 1.82) is 0 Å². The van der Waals surface area contributed by atoms with E-state index in [4.69, 9.17) is 0 Å². The standard InChI is InChI=1S/C8H11N3O/c12-8(3-1-4-8)11-7-9-5-2-6-10-7/h2,5-6,12H,1,3-4H2,(H,9,10,11). The van der Waals surface area contributed by atoms with Gasteiger partial charge in [0.2, 0.25) is 5.95 Å². The predicted octanol–water partition coefficient (Wildman–Crippen LogP) is 0.761. The minimum Gasteiger partial charge on any atom is -0.371 e. The normalized spacial score (nSPS) is 19.8. The van der Waals surface area contributed by atoms with E-state index in [1.165, 1.54) is 0 Å². The smallest absolute Gasteiger partial charge is 0.224 e. The predicted molar refractivity (Wildman–Crippen MR) is 44.5 cm³/mol. The molecule has 64 valence electrons. The van der Waals surface area contributed by atoms with Gasteiger partial charge in [0.05, 0.1) is 0 Å². The zero-order chi connectivity index (χ0) is 8.44. The molecule has 2 rings (SSSR count). The fourth-order valence-corrected chi connectivity index (χ4v) is 1.21. The van der Waals surface area contributed by atoms with Crippen LogP contribution in [-0.4, -0.2) is 20.8 Å². The second kappa shape index (κ2) is 2.71. The van der Waals surface area contributed by atoms with E-state index in [-0.39, 0.29) is 0 Å². The molecule has 0 radical (unpaired) electrons. The van der Waals surface area contributed by atoms with Gasteiger partial charge in [-0.25, -0.2) is 9.97 Å². The summed E-state index contributed by atoms with van der Waals surface area (Å²) in [5.74, 6) is 0.500. The Kier molecular flexibility index (Phi) is 1.69. The first-order valence-electron chi connectivity index (χ1n) is 4.06. The lowest BCUT2D eigenvalue weighted by Crippen LogP contribution is -2.45. The lowest BCUT2D eigenvalue weighted by Gasteiger charge is -2.36. The first-order chi connectivity index (χ1) is 5.79. The lowest BCUT2D eigenvalue weighted by atomic mass is 9.88. The molecule has 4 heteroatoms. The van der Waals surface area contributed by atoms with E-state index in [2.05, 4.69) is 15.3 Å². The van der Waals surface area contributed by atoms with Gasteiger partial charge < -0.3 is 10.4 Å². The van der Waals surface area contributed by atoms with Crippen LogP contribution in [0.15, 0.2) is 18.5 Å². The Morgan fingerprint density at radius 1 is 1.33 bits per heavy atom. The molecule has 0 bridgehead atoms. The number of hydrogen-bond acceptors (Lipinski definition) is 4. The summed E-state index contributed by atoms with van der Waals surface area (Å²) in [7, 11) is 0. The SMILES string of the molecule is OC1(Nc2ncccn2)CCC1. The molecule has 1 heterocycles. The maximum absolute atomic E-state index is 9.67. The Bertz CT molecular complexity index is 258. The van der Waals surface area contributed by atoms with E-state index in [1.54, 1.807) is 18.5 Å². The Hall–Kier alpha value is -1.16. The Labute approximate surface area is 70.7 Å². The number of anilines is 1. The third-order valence-corrected chi connectivity index (χ3v) is 2.09. The van der Waals surface area contributed by atoms with Crippen molar-refractivity contribution in [2.24, 2.45) is 0 Å². The van der Waals surface area contributed by atoms with E-state index >= 15 is 0 Å². The molecule has 4 nitrogen and oxygen atoms in total. The number of aliphatic hydroxyl groups is 1. The van der Waals surface area contributed by atoms with Crippen molar-refractivity contribution in [3.63, 3.8) is 0 Å². The molecular weight excluding hydrogens is 154 g/mol. The van der Waals surface area contributed by atoms with Gasteiger partial charge in [-0.3, -0.25) is 0 Å². The van der Waals surface area contributed by atoms with Crippen LogP contribution in [0.2, 0.25) is 0 Å². The third-order valence-electron chi connectivity index (χ3n) is 2.09. The van der Waals surface area contributed by atoms with E-state index in [0.29, 0.717) is 5.95 Å². The third kappa shape index (κ3) is 1.38. The van der Waals surface area contributed by atoms with Gasteiger partial charge in [0.15, 0.2) is 0 Å². The van der Waals surface area contributed by atoms with E-state index in [1.807, 2.05) is 0 Å². The largest absolute Gasteiger partial charge is 0.371 e. The molecule has 0 aliphatic heterocycles. The van der Waals surface area contributed by atoms with Crippen molar-refractivity contribution < 1.29 is 5.11 Å². The summed E-state index contributed by atoms with van der Waals surface area (Å²) in [6.45, 7) is 0. The molecule has 0 spiro atoms. The molecule has 2 N–H and O–H groups in total. The summed E-state index contributed by atoms with van der Waals surface area (Å²) in [4.78, 5) is 7.93. The highest BCUT2D eigenvalue weighted by Gasteiger charge is 2.34. The second-order valence-electron chi connectivity index (χ2n) is 3.08. The maximum atomic E-state index is 9.67. The summed E-state index contributed by atoms with van der Waals surface area (Å²) in [6.07, 6.45) is 5.93. The molecule has 0 amide bonds. The van der Waals surface area contributed by atoms with Crippen LogP contribution in [0.3, 0.4) is 0 Å². The van der Waals surface area contributed by atoms with Crippen LogP contribution in [0.5, 0.6) is 0 Å². The summed E-state index contributed by atoms with van der Waals surface area (Å²) in [6, 6.07) is 1.75. The monoisotopic (exact) mass is 165 g/mol. The van der Waals surface area contributed by atoms with Crippen molar-refractivity contribution in [3.8, 4) is 0 Å². The second-order valence-corrected chi connectivity index (χ2v) is 3.08. The molecule has 1 fully saturated rings. The molecule has 1 saturated carbocycles. The minimum atomic E-state index is -0.749. The molecular formula is C8H11N3O. The van der Waals surface area contributed by atoms with E-state index in [9.17, 15) is 5.11 Å². The van der Waals surface area contributed by atoms with Gasteiger partial charge in [-0.2, -0.15) is 0 Å². The maximum Gasteiger partial charge on any atom is 0.224 e. The van der Waals surface area contributed by atoms with Crippen LogP contribution in [0.25, 0.3) is 0 Å². The van der Waals surface area contributed by atoms with Crippen LogP contribution in [0.4, 0.5) is 5.95 Å². The van der Waals surface area contributed by atoms with Crippen LogP contribution in [0.1, 0.15) is 19.3 Å². The zero-order valence-corrected chi connectivity index (χ0v) is 6.70. The molecule has 0 aromatic carbocycles. The van der Waals surface area contributed by atoms with Crippen molar-refractivity contribution >= 4 is 5.95 Å². The average Bonchev–Trinajstić information content (AvgIpc) is 2.04. The minimum absolute atomic E-state index is 0.500. The zero-order valence-electron chi connectivity index (χ0n) is 6.70. The molecule has 1 aromatic heterocycles. The fraction of sp³-hybridized carbons (Fsp3) is 0.500. The molecule has 1 aromatic rings. The first kappa shape index (κ1) is 7.49. The van der Waals surface area contributed by atoms with Crippen LogP contribution in [-0.2, 0) is 0 Å². The van der Waals surface area contributed by atoms with E-state index in [0.717, 1.165) is 19.3 Å². The van der Waals surface area contributed by atoms with Gasteiger partial charge >= 0.3 is 0 Å². The highest BCUT2D eigenvalue weighted by molar-refractivity contribution is 5.27. The number of rotatable bonds is 2. The average molecular weight is 165 g/mol. The fourth-order valence-electron chi connectivity index (χ4n) is 1.21. The molecule has 0 atom stereocenters. The van der Waals surface area contributed by atoms with Gasteiger partial charge in [-0.05, 0) is 25.3 Å². The van der Waals surface area contributed by atoms with Gasteiger partial charge in [0.1, 0.15) is 5.72 Å². The van der Waals surface area contributed by atoms with Crippen LogP contribution >= 0.6 is 0 Å². The molecule has 0 unspecified atom stereocenters. The quantitative estimate of drug-likeness (QED) is 0.635. The number of nitrogens with zero attached hydrogens (tertiary/aromatic N) is 2. The van der Waals surface area contributed by atoms with Crippen molar-refractivity contribution in [1.82, 2.24) is 9.97 Å². The number of nitrogens with one attached hydrogen (secondary N) is 1. The highest BCUT2D eigenvalue weighted by Crippen LogP contribution is 2.31. The van der Waals surface area contributed by atoms with Crippen LogP contribution in [0, 0.1) is 0 Å². The van der Waals surface area contributed by atoms with Gasteiger partial charge in [0.25, 0.3) is 0 Å². The molecule has 1 aliphatic rings. The Morgan fingerprint density at radius 2 is 2.00 bits per heavy atom. The number of hydrogen-bond donors (Lipinski definition) is 2. The summed E-state index contributed by atoms with van der Waals surface area (Å²) in [5.41, 5.74) is -0.749. The van der Waals surface area contributed by atoms with Gasteiger partial charge in [-0.15, -0.1) is 0 Å². The van der Waals surface area contributed by atoms with Crippen molar-refractivity contribution in [2.75, 3.05) is 5.32 Å². The Balaban J connectivity index is 2.04. The summed E-state index contributed by atoms with van der Waals surface area (Å²) in [5, 5.41) is 12.6. The summed E-state index contributed by atoms with van der Waals surface area (Å²) < 4.78 is 0. The summed E-state index contributed by atoms with van der Waals surface area (Å²) >= 11 is 0. The molecule has 12 heavy (non-hydrogen) atoms. The molecule has 1 aliphatic carbocycles.